The molecule has 2 atom stereocenters. The molecule has 1 fully saturated rings. The van der Waals surface area contributed by atoms with Crippen molar-refractivity contribution in [1.29, 1.82) is 0 Å². The molecule has 0 aromatic heterocycles. The first-order chi connectivity index (χ1) is 9.03. The van der Waals surface area contributed by atoms with Gasteiger partial charge in [-0.1, -0.05) is 64.7 Å². The Hall–Kier alpha value is 0.427. The summed E-state index contributed by atoms with van der Waals surface area (Å²) in [6.45, 7) is 13.1. The maximum atomic E-state index is 11.7. The molecule has 20 heavy (non-hydrogen) atoms. The van der Waals surface area contributed by atoms with E-state index in [-0.39, 0.29) is 23.2 Å². The first-order valence-electron chi connectivity index (χ1n) is 7.49. The number of carbonyl (C=O) groups excluding carboxylic acids is 1. The lowest BCUT2D eigenvalue weighted by Gasteiger charge is -2.56. The van der Waals surface area contributed by atoms with E-state index in [1.54, 1.807) is 0 Å². The lowest BCUT2D eigenvalue weighted by molar-refractivity contribution is -0.145. The molecule has 1 aliphatic carbocycles. The van der Waals surface area contributed by atoms with Crippen LogP contribution in [0.25, 0.3) is 0 Å². The fourth-order valence-corrected chi connectivity index (χ4v) is 6.03. The molecule has 0 bridgehead atoms. The maximum Gasteiger partial charge on any atom is 0.179 e. The van der Waals surface area contributed by atoms with Crippen molar-refractivity contribution in [2.75, 3.05) is 0 Å². The van der Waals surface area contributed by atoms with Crippen molar-refractivity contribution in [3.8, 4) is 0 Å². The van der Waals surface area contributed by atoms with Crippen LogP contribution in [-0.4, -0.2) is 26.2 Å². The number of Topliss-reactive ketones (excluding diaryl/α,β-unsaturated/α-hetero) is 1. The van der Waals surface area contributed by atoms with Crippen molar-refractivity contribution in [2.45, 2.75) is 57.9 Å². The van der Waals surface area contributed by atoms with Gasteiger partial charge < -0.3 is 4.43 Å². The zero-order chi connectivity index (χ0) is 15.9. The molecule has 0 saturated heterocycles. The van der Waals surface area contributed by atoms with Crippen molar-refractivity contribution in [2.24, 2.45) is 29.6 Å². The molecule has 1 aliphatic rings. The first-order valence-corrected chi connectivity index (χ1v) is 9.06. The van der Waals surface area contributed by atoms with Crippen LogP contribution < -0.4 is 0 Å². The van der Waals surface area contributed by atoms with Gasteiger partial charge in [-0.3, -0.25) is 4.79 Å². The summed E-state index contributed by atoms with van der Waals surface area (Å²) >= 11 is 12.6. The Morgan fingerprint density at radius 1 is 1.20 bits per heavy atom. The second-order valence-corrected chi connectivity index (χ2v) is 8.79. The van der Waals surface area contributed by atoms with Crippen LogP contribution in [0.2, 0.25) is 0 Å². The van der Waals surface area contributed by atoms with Gasteiger partial charge in [0.1, 0.15) is 10.5 Å². The van der Waals surface area contributed by atoms with Gasteiger partial charge in [0.05, 0.1) is 5.60 Å². The molecule has 0 N–H and O–H groups in total. The minimum absolute atomic E-state index is 0.0166. The quantitative estimate of drug-likeness (QED) is 0.548. The van der Waals surface area contributed by atoms with Crippen molar-refractivity contribution in [3.05, 3.63) is 0 Å². The Labute approximate surface area is 136 Å². The third kappa shape index (κ3) is 2.71. The van der Waals surface area contributed by atoms with Crippen molar-refractivity contribution >= 4 is 39.5 Å². The number of ketones is 1. The van der Waals surface area contributed by atoms with E-state index >= 15 is 0 Å². The lowest BCUT2D eigenvalue weighted by atomic mass is 9.57. The highest BCUT2D eigenvalue weighted by molar-refractivity contribution is 6.60. The first kappa shape index (κ1) is 18.5. The molecule has 1 saturated carbocycles. The zero-order valence-electron chi connectivity index (χ0n) is 13.7. The van der Waals surface area contributed by atoms with Crippen LogP contribution in [0.5, 0.6) is 0 Å². The third-order valence-electron chi connectivity index (χ3n) is 5.07. The monoisotopic (exact) mass is 338 g/mol. The summed E-state index contributed by atoms with van der Waals surface area (Å²) in [6, 6.07) is 0. The second-order valence-electron chi connectivity index (χ2n) is 6.99. The fraction of sp³-hybridized carbons (Fsp3) is 0.933. The van der Waals surface area contributed by atoms with Crippen LogP contribution in [0.3, 0.4) is 0 Å². The van der Waals surface area contributed by atoms with Crippen LogP contribution in [0.1, 0.15) is 48.0 Å². The van der Waals surface area contributed by atoms with Gasteiger partial charge in [0, 0.05) is 12.3 Å². The highest BCUT2D eigenvalue weighted by Gasteiger charge is 2.61. The Balaban J connectivity index is 3.28. The minimum atomic E-state index is -1.23. The van der Waals surface area contributed by atoms with Crippen LogP contribution >= 0.6 is 23.2 Å². The standard InChI is InChI=1S/C15H28Cl2O2Si/c1-8(2)13(11-7-12(18)15(11,16)17)14(19-20,9(3)4)10(5)6/h8-11,13H,7H2,1-6,20H3. The van der Waals surface area contributed by atoms with Gasteiger partial charge in [-0.2, -0.15) is 0 Å². The molecule has 2 unspecified atom stereocenters. The summed E-state index contributed by atoms with van der Waals surface area (Å²) < 4.78 is 4.95. The molecule has 2 nitrogen and oxygen atoms in total. The van der Waals surface area contributed by atoms with Gasteiger partial charge in [-0.15, -0.1) is 0 Å². The highest BCUT2D eigenvalue weighted by atomic mass is 35.5. The Morgan fingerprint density at radius 2 is 1.65 bits per heavy atom. The summed E-state index contributed by atoms with van der Waals surface area (Å²) in [5, 5.41) is 0. The van der Waals surface area contributed by atoms with Crippen molar-refractivity contribution < 1.29 is 9.22 Å². The average molecular weight is 339 g/mol. The van der Waals surface area contributed by atoms with Gasteiger partial charge >= 0.3 is 0 Å². The van der Waals surface area contributed by atoms with E-state index in [2.05, 4.69) is 41.5 Å². The van der Waals surface area contributed by atoms with E-state index in [0.29, 0.717) is 34.7 Å². The number of hydrogen-bond acceptors (Lipinski definition) is 2. The Morgan fingerprint density at radius 3 is 1.85 bits per heavy atom. The molecular formula is C15H28Cl2O2Si. The van der Waals surface area contributed by atoms with E-state index in [1.807, 2.05) is 0 Å². The normalized spacial score (nSPS) is 24.6. The maximum absolute atomic E-state index is 11.7. The SMILES string of the molecule is CC(C)C(C1CC(=O)C1(Cl)Cl)C(O[SiH3])(C(C)C)C(C)C. The number of rotatable bonds is 6. The molecule has 5 heteroatoms. The van der Waals surface area contributed by atoms with E-state index in [4.69, 9.17) is 27.6 Å². The van der Waals surface area contributed by atoms with E-state index in [1.165, 1.54) is 0 Å². The summed E-state index contributed by atoms with van der Waals surface area (Å²) in [4.78, 5) is 11.7. The van der Waals surface area contributed by atoms with Crippen LogP contribution in [-0.2, 0) is 9.22 Å². The number of carbonyl (C=O) groups is 1. The predicted molar refractivity (Wildman–Crippen MR) is 89.3 cm³/mol. The summed E-state index contributed by atoms with van der Waals surface area (Å²) in [5.41, 5.74) is -0.263. The molecule has 0 radical (unpaired) electrons. The predicted octanol–water partition coefficient (Wildman–Crippen LogP) is 3.37. The van der Waals surface area contributed by atoms with Gasteiger partial charge in [0.2, 0.25) is 0 Å². The topological polar surface area (TPSA) is 26.3 Å². The lowest BCUT2D eigenvalue weighted by Crippen LogP contribution is -2.62. The second kappa shape index (κ2) is 6.27. The molecule has 118 valence electrons. The molecule has 0 aromatic rings. The molecular weight excluding hydrogens is 311 g/mol. The van der Waals surface area contributed by atoms with E-state index in [9.17, 15) is 4.79 Å². The van der Waals surface area contributed by atoms with Gasteiger partial charge in [-0.25, -0.2) is 0 Å². The van der Waals surface area contributed by atoms with Crippen LogP contribution in [0, 0.1) is 29.6 Å². The number of hydrogen-bond donors (Lipinski definition) is 0. The Kier molecular flexibility index (Phi) is 5.80. The fourth-order valence-electron chi connectivity index (χ4n) is 4.24. The van der Waals surface area contributed by atoms with E-state index in [0.717, 1.165) is 0 Å². The third-order valence-corrected chi connectivity index (χ3v) is 6.76. The summed E-state index contributed by atoms with van der Waals surface area (Å²) in [5.74, 6) is 1.19. The smallest absolute Gasteiger partial charge is 0.179 e. The minimum Gasteiger partial charge on any atom is -0.422 e. The molecule has 1 rings (SSSR count). The Bertz CT molecular complexity index is 359. The molecule has 0 spiro atoms. The molecule has 0 amide bonds. The van der Waals surface area contributed by atoms with Gasteiger partial charge in [-0.05, 0) is 23.7 Å². The van der Waals surface area contributed by atoms with Crippen molar-refractivity contribution in [3.63, 3.8) is 0 Å². The molecule has 0 aromatic carbocycles. The van der Waals surface area contributed by atoms with Crippen LogP contribution in [0.4, 0.5) is 0 Å². The number of halogens is 2. The highest BCUT2D eigenvalue weighted by Crippen LogP contribution is 2.56. The van der Waals surface area contributed by atoms with E-state index < -0.39 is 4.33 Å². The van der Waals surface area contributed by atoms with Crippen LogP contribution in [0.15, 0.2) is 0 Å². The molecule has 0 aliphatic heterocycles. The van der Waals surface area contributed by atoms with Gasteiger partial charge in [0.15, 0.2) is 10.1 Å². The van der Waals surface area contributed by atoms with Gasteiger partial charge in [0.25, 0.3) is 0 Å². The number of alkyl halides is 2. The summed E-state index contributed by atoms with van der Waals surface area (Å²) in [7, 11) is 0.666. The molecule has 0 heterocycles. The average Bonchev–Trinajstić information content (AvgIpc) is 2.32. The largest absolute Gasteiger partial charge is 0.422 e. The summed E-state index contributed by atoms with van der Waals surface area (Å²) in [6.07, 6.45) is 0.474. The zero-order valence-corrected chi connectivity index (χ0v) is 17.2. The van der Waals surface area contributed by atoms with Crippen molar-refractivity contribution in [1.82, 2.24) is 0 Å².